The van der Waals surface area contributed by atoms with Crippen LogP contribution in [-0.2, 0) is 13.1 Å². The first-order valence-electron chi connectivity index (χ1n) is 11.8. The number of nitrogens with one attached hydrogen (secondary N) is 1. The van der Waals surface area contributed by atoms with Crippen molar-refractivity contribution in [2.45, 2.75) is 103 Å². The molecular formula is C23H35N4O2. The smallest absolute Gasteiger partial charge is 0.307 e. The molecule has 0 spiro atoms. The molecule has 6 heteroatoms. The molecule has 0 saturated heterocycles. The molecule has 29 heavy (non-hydrogen) atoms. The highest BCUT2D eigenvalue weighted by Gasteiger charge is 2.18. The van der Waals surface area contributed by atoms with Gasteiger partial charge in [-0.2, -0.15) is 0 Å². The number of fused-ring (bicyclic) bond motifs is 1. The van der Waals surface area contributed by atoms with Crippen molar-refractivity contribution < 1.29 is 0 Å². The summed E-state index contributed by atoms with van der Waals surface area (Å²) in [6, 6.07) is 0. The van der Waals surface area contributed by atoms with E-state index in [-0.39, 0.29) is 11.2 Å². The molecule has 2 aromatic rings. The van der Waals surface area contributed by atoms with Crippen LogP contribution in [0.5, 0.6) is 0 Å². The number of H-pyrrole nitrogens is 1. The largest absolute Gasteiger partial charge is 0.330 e. The van der Waals surface area contributed by atoms with Gasteiger partial charge < -0.3 is 4.57 Å². The SMILES string of the molecule is O=c1[nH]c(=O)n(CCC2CCCCCC2)c2c1n[c]n2CCC1CCCCCC1. The molecule has 1 radical (unpaired) electrons. The van der Waals surface area contributed by atoms with Crippen LogP contribution >= 0.6 is 0 Å². The van der Waals surface area contributed by atoms with Crippen LogP contribution in [-0.4, -0.2) is 19.1 Å². The van der Waals surface area contributed by atoms with Crippen molar-refractivity contribution in [3.63, 3.8) is 0 Å². The molecule has 6 nitrogen and oxygen atoms in total. The predicted molar refractivity (Wildman–Crippen MR) is 115 cm³/mol. The van der Waals surface area contributed by atoms with E-state index in [0.717, 1.165) is 25.3 Å². The zero-order valence-corrected chi connectivity index (χ0v) is 17.6. The van der Waals surface area contributed by atoms with Crippen LogP contribution in [0.1, 0.15) is 89.9 Å². The van der Waals surface area contributed by atoms with Gasteiger partial charge >= 0.3 is 5.69 Å². The molecule has 0 aliphatic heterocycles. The summed E-state index contributed by atoms with van der Waals surface area (Å²) < 4.78 is 3.68. The van der Waals surface area contributed by atoms with Crippen molar-refractivity contribution in [3.8, 4) is 0 Å². The molecule has 4 rings (SSSR count). The van der Waals surface area contributed by atoms with Gasteiger partial charge in [0.05, 0.1) is 0 Å². The summed E-state index contributed by atoms with van der Waals surface area (Å²) >= 11 is 0. The predicted octanol–water partition coefficient (Wildman–Crippen LogP) is 4.41. The molecule has 2 aliphatic carbocycles. The first-order valence-corrected chi connectivity index (χ1v) is 11.8. The van der Waals surface area contributed by atoms with Gasteiger partial charge in [0.25, 0.3) is 5.56 Å². The number of aromatic nitrogens is 4. The molecule has 0 aromatic carbocycles. The second-order valence-electron chi connectivity index (χ2n) is 9.24. The van der Waals surface area contributed by atoms with Crippen LogP contribution in [0.3, 0.4) is 0 Å². The van der Waals surface area contributed by atoms with Gasteiger partial charge in [-0.25, -0.2) is 9.78 Å². The van der Waals surface area contributed by atoms with E-state index < -0.39 is 0 Å². The Morgan fingerprint density at radius 1 is 0.828 bits per heavy atom. The quantitative estimate of drug-likeness (QED) is 0.732. The van der Waals surface area contributed by atoms with Gasteiger partial charge in [-0.15, -0.1) is 0 Å². The molecule has 1 N–H and O–H groups in total. The van der Waals surface area contributed by atoms with Crippen molar-refractivity contribution in [2.24, 2.45) is 11.8 Å². The molecule has 2 aromatic heterocycles. The summed E-state index contributed by atoms with van der Waals surface area (Å²) in [5, 5.41) is 0. The Kier molecular flexibility index (Phi) is 6.88. The maximum atomic E-state index is 12.6. The highest BCUT2D eigenvalue weighted by molar-refractivity contribution is 5.69. The molecule has 2 heterocycles. The molecule has 0 bridgehead atoms. The Labute approximate surface area is 172 Å². The zero-order chi connectivity index (χ0) is 20.1. The fraction of sp³-hybridized carbons (Fsp3) is 0.783. The molecule has 2 saturated carbocycles. The molecule has 0 amide bonds. The Balaban J connectivity index is 1.53. The lowest BCUT2D eigenvalue weighted by atomic mass is 9.96. The highest BCUT2D eigenvalue weighted by Crippen LogP contribution is 2.27. The second kappa shape index (κ2) is 9.77. The van der Waals surface area contributed by atoms with E-state index in [9.17, 15) is 9.59 Å². The number of hydrogen-bond donors (Lipinski definition) is 1. The van der Waals surface area contributed by atoms with Crippen LogP contribution < -0.4 is 11.2 Å². The van der Waals surface area contributed by atoms with Gasteiger partial charge in [0.15, 0.2) is 17.5 Å². The van der Waals surface area contributed by atoms with E-state index >= 15 is 0 Å². The minimum Gasteiger partial charge on any atom is -0.307 e. The van der Waals surface area contributed by atoms with E-state index in [1.807, 2.05) is 4.57 Å². The monoisotopic (exact) mass is 399 g/mol. The van der Waals surface area contributed by atoms with Crippen LogP contribution in [0, 0.1) is 18.2 Å². The number of hydrogen-bond acceptors (Lipinski definition) is 3. The van der Waals surface area contributed by atoms with E-state index in [2.05, 4.69) is 16.3 Å². The molecule has 159 valence electrons. The van der Waals surface area contributed by atoms with E-state index in [1.54, 1.807) is 4.57 Å². The fourth-order valence-corrected chi connectivity index (χ4v) is 5.37. The fourth-order valence-electron chi connectivity index (χ4n) is 5.37. The highest BCUT2D eigenvalue weighted by atomic mass is 16.2. The summed E-state index contributed by atoms with van der Waals surface area (Å²) in [7, 11) is 0. The van der Waals surface area contributed by atoms with Gasteiger partial charge in [0.1, 0.15) is 0 Å². The normalized spacial score (nSPS) is 20.0. The summed E-state index contributed by atoms with van der Waals surface area (Å²) in [6.45, 7) is 1.44. The maximum absolute atomic E-state index is 12.6. The standard InChI is InChI=1S/C23H35N4O2/c28-21-20-22(26(17-24-20)15-13-18-9-5-1-2-6-10-18)27(23(29)25-21)16-14-19-11-7-3-4-8-12-19/h18-19H,1-16H2,(H,25,28,29). The Hall–Kier alpha value is -1.85. The van der Waals surface area contributed by atoms with E-state index in [1.165, 1.54) is 77.0 Å². The molecule has 2 fully saturated rings. The van der Waals surface area contributed by atoms with Crippen LogP contribution in [0.25, 0.3) is 11.2 Å². The number of imidazole rings is 1. The van der Waals surface area contributed by atoms with E-state index in [0.29, 0.717) is 23.6 Å². The molecule has 2 aliphatic rings. The lowest BCUT2D eigenvalue weighted by Gasteiger charge is -2.17. The summed E-state index contributed by atoms with van der Waals surface area (Å²) in [5.41, 5.74) is 0.327. The third-order valence-electron chi connectivity index (χ3n) is 7.16. The first kappa shape index (κ1) is 20.4. The van der Waals surface area contributed by atoms with Crippen molar-refractivity contribution in [2.75, 3.05) is 0 Å². The number of rotatable bonds is 6. The second-order valence-corrected chi connectivity index (χ2v) is 9.24. The summed E-state index contributed by atoms with van der Waals surface area (Å²) in [4.78, 5) is 31.7. The lowest BCUT2D eigenvalue weighted by Crippen LogP contribution is -2.32. The summed E-state index contributed by atoms with van der Waals surface area (Å²) in [6.07, 6.45) is 20.8. The Morgan fingerprint density at radius 2 is 1.38 bits per heavy atom. The van der Waals surface area contributed by atoms with Crippen LogP contribution in [0.15, 0.2) is 9.59 Å². The molecular weight excluding hydrogens is 364 g/mol. The molecule has 0 atom stereocenters. The van der Waals surface area contributed by atoms with Crippen molar-refractivity contribution in [1.82, 2.24) is 19.1 Å². The van der Waals surface area contributed by atoms with Gasteiger partial charge in [-0.3, -0.25) is 14.3 Å². The van der Waals surface area contributed by atoms with Gasteiger partial charge in [0, 0.05) is 13.1 Å². The third-order valence-corrected chi connectivity index (χ3v) is 7.16. The minimum absolute atomic E-state index is 0.305. The topological polar surface area (TPSA) is 72.7 Å². The third kappa shape index (κ3) is 5.01. The molecule has 0 unspecified atom stereocenters. The average Bonchev–Trinajstić information content (AvgIpc) is 2.90. The number of aromatic amines is 1. The van der Waals surface area contributed by atoms with Gasteiger partial charge in [-0.1, -0.05) is 77.0 Å². The van der Waals surface area contributed by atoms with Crippen LogP contribution in [0.2, 0.25) is 0 Å². The lowest BCUT2D eigenvalue weighted by molar-refractivity contribution is 0.389. The average molecular weight is 400 g/mol. The zero-order valence-electron chi connectivity index (χ0n) is 17.6. The summed E-state index contributed by atoms with van der Waals surface area (Å²) in [5.74, 6) is 1.41. The van der Waals surface area contributed by atoms with Crippen molar-refractivity contribution in [3.05, 3.63) is 27.2 Å². The van der Waals surface area contributed by atoms with Gasteiger partial charge in [0.2, 0.25) is 0 Å². The van der Waals surface area contributed by atoms with Crippen LogP contribution in [0.4, 0.5) is 0 Å². The maximum Gasteiger partial charge on any atom is 0.330 e. The van der Waals surface area contributed by atoms with E-state index in [4.69, 9.17) is 0 Å². The van der Waals surface area contributed by atoms with Crippen molar-refractivity contribution >= 4 is 11.2 Å². The van der Waals surface area contributed by atoms with Crippen molar-refractivity contribution in [1.29, 1.82) is 0 Å². The number of nitrogens with zero attached hydrogens (tertiary/aromatic N) is 3. The Morgan fingerprint density at radius 3 is 1.97 bits per heavy atom. The Bertz CT molecular complexity index is 894. The number of aryl methyl sites for hydroxylation is 2. The minimum atomic E-state index is -0.389. The first-order chi connectivity index (χ1) is 14.2. The van der Waals surface area contributed by atoms with Gasteiger partial charge in [-0.05, 0) is 24.7 Å².